The average Bonchev–Trinajstić information content (AvgIpc) is 2.96. The molecule has 0 aliphatic heterocycles. The van der Waals surface area contributed by atoms with Crippen LogP contribution in [0.15, 0.2) is 23.2 Å². The largest absolute Gasteiger partial charge is 0.507 e. The summed E-state index contributed by atoms with van der Waals surface area (Å²) >= 11 is 0. The maximum absolute atomic E-state index is 10.0. The number of aliphatic hydroxyl groups is 1. The van der Waals surface area contributed by atoms with Gasteiger partial charge in [-0.1, -0.05) is 12.8 Å². The number of phenols is 1. The molecule has 110 valence electrons. The second kappa shape index (κ2) is 7.29. The summed E-state index contributed by atoms with van der Waals surface area (Å²) < 4.78 is 5.39. The van der Waals surface area contributed by atoms with E-state index in [4.69, 9.17) is 4.74 Å². The zero-order chi connectivity index (χ0) is 14.4. The van der Waals surface area contributed by atoms with Crippen LogP contribution in [0.3, 0.4) is 0 Å². The number of phenolic OH excluding ortho intramolecular Hbond substituents is 1. The molecule has 2 N–H and O–H groups in total. The van der Waals surface area contributed by atoms with Crippen LogP contribution in [0, 0.1) is 5.92 Å². The molecule has 1 aliphatic rings. The first-order chi connectivity index (χ1) is 9.70. The number of aromatic hydroxyl groups is 1. The third-order valence-corrected chi connectivity index (χ3v) is 3.78. The van der Waals surface area contributed by atoms with Crippen molar-refractivity contribution in [1.29, 1.82) is 0 Å². The number of aliphatic hydroxyl groups excluding tert-OH is 1. The molecule has 1 aromatic carbocycles. The highest BCUT2D eigenvalue weighted by molar-refractivity contribution is 5.84. The van der Waals surface area contributed by atoms with Gasteiger partial charge >= 0.3 is 0 Å². The Morgan fingerprint density at radius 1 is 1.40 bits per heavy atom. The Hall–Kier alpha value is -1.55. The number of nitrogens with zero attached hydrogens (tertiary/aromatic N) is 1. The van der Waals surface area contributed by atoms with E-state index in [0.29, 0.717) is 30.4 Å². The Morgan fingerprint density at radius 2 is 2.15 bits per heavy atom. The number of hydrogen-bond acceptors (Lipinski definition) is 4. The molecule has 1 atom stereocenters. The number of benzene rings is 1. The molecule has 2 rings (SSSR count). The van der Waals surface area contributed by atoms with E-state index >= 15 is 0 Å². The van der Waals surface area contributed by atoms with Crippen LogP contribution < -0.4 is 4.74 Å². The van der Waals surface area contributed by atoms with E-state index in [1.165, 1.54) is 12.8 Å². The lowest BCUT2D eigenvalue weighted by atomic mass is 10.0. The minimum atomic E-state index is -0.369. The number of hydrogen-bond donors (Lipinski definition) is 2. The molecule has 0 saturated heterocycles. The van der Waals surface area contributed by atoms with Gasteiger partial charge in [0.2, 0.25) is 0 Å². The molecular formula is C16H23NO3. The maximum atomic E-state index is 10.0. The molecule has 0 radical (unpaired) electrons. The standard InChI is InChI=1S/C16H23NO3/c1-2-20-14-7-8-15(18)13(9-14)10-17-11-16(19)12-5-3-4-6-12/h7-10,12,16,18-19H,2-6,11H2,1H3. The van der Waals surface area contributed by atoms with E-state index in [1.54, 1.807) is 24.4 Å². The molecule has 1 saturated carbocycles. The molecule has 4 nitrogen and oxygen atoms in total. The van der Waals surface area contributed by atoms with Crippen molar-refractivity contribution in [2.75, 3.05) is 13.2 Å². The van der Waals surface area contributed by atoms with Crippen molar-refractivity contribution in [1.82, 2.24) is 0 Å². The van der Waals surface area contributed by atoms with E-state index in [1.807, 2.05) is 6.92 Å². The number of ether oxygens (including phenoxy) is 1. The molecule has 0 heterocycles. The van der Waals surface area contributed by atoms with Crippen molar-refractivity contribution in [3.8, 4) is 11.5 Å². The first kappa shape index (κ1) is 14.9. The molecule has 4 heteroatoms. The van der Waals surface area contributed by atoms with Gasteiger partial charge in [-0.2, -0.15) is 0 Å². The van der Waals surface area contributed by atoms with Crippen molar-refractivity contribution in [3.05, 3.63) is 23.8 Å². The summed E-state index contributed by atoms with van der Waals surface area (Å²) in [5.74, 6) is 1.27. The average molecular weight is 277 g/mol. The zero-order valence-corrected chi connectivity index (χ0v) is 12.0. The number of rotatable bonds is 6. The molecule has 0 amide bonds. The van der Waals surface area contributed by atoms with E-state index in [-0.39, 0.29) is 11.9 Å². The van der Waals surface area contributed by atoms with Gasteiger partial charge in [0, 0.05) is 11.8 Å². The Balaban J connectivity index is 1.94. The van der Waals surface area contributed by atoms with E-state index in [0.717, 1.165) is 12.8 Å². The smallest absolute Gasteiger partial charge is 0.124 e. The Kier molecular flexibility index (Phi) is 5.41. The third-order valence-electron chi connectivity index (χ3n) is 3.78. The summed E-state index contributed by atoms with van der Waals surface area (Å²) in [6.07, 6.45) is 5.86. The highest BCUT2D eigenvalue weighted by atomic mass is 16.5. The van der Waals surface area contributed by atoms with Gasteiger partial charge in [-0.25, -0.2) is 0 Å². The van der Waals surface area contributed by atoms with Gasteiger partial charge in [0.25, 0.3) is 0 Å². The predicted molar refractivity (Wildman–Crippen MR) is 79.7 cm³/mol. The predicted octanol–water partition coefficient (Wildman–Crippen LogP) is 2.76. The molecule has 0 spiro atoms. The van der Waals surface area contributed by atoms with Crippen LogP contribution in [0.1, 0.15) is 38.2 Å². The van der Waals surface area contributed by atoms with Crippen LogP contribution in [-0.4, -0.2) is 35.7 Å². The summed E-state index contributed by atoms with van der Waals surface area (Å²) in [5, 5.41) is 19.8. The minimum Gasteiger partial charge on any atom is -0.507 e. The molecule has 1 aromatic rings. The first-order valence-electron chi connectivity index (χ1n) is 7.34. The molecule has 0 aromatic heterocycles. The Morgan fingerprint density at radius 3 is 2.85 bits per heavy atom. The fraction of sp³-hybridized carbons (Fsp3) is 0.562. The summed E-state index contributed by atoms with van der Waals surface area (Å²) in [6.45, 7) is 2.89. The van der Waals surface area contributed by atoms with Crippen LogP contribution in [0.25, 0.3) is 0 Å². The molecule has 1 unspecified atom stereocenters. The van der Waals surface area contributed by atoms with Crippen molar-refractivity contribution in [3.63, 3.8) is 0 Å². The Labute approximate surface area is 120 Å². The fourth-order valence-electron chi connectivity index (χ4n) is 2.64. The van der Waals surface area contributed by atoms with Gasteiger partial charge in [0.05, 0.1) is 19.3 Å². The molecule has 1 fully saturated rings. The van der Waals surface area contributed by atoms with Gasteiger partial charge in [-0.3, -0.25) is 4.99 Å². The second-order valence-corrected chi connectivity index (χ2v) is 5.26. The summed E-state index contributed by atoms with van der Waals surface area (Å²) in [4.78, 5) is 4.26. The summed E-state index contributed by atoms with van der Waals surface area (Å²) in [7, 11) is 0. The van der Waals surface area contributed by atoms with Crippen LogP contribution in [0.2, 0.25) is 0 Å². The normalized spacial score (nSPS) is 17.7. The molecule has 20 heavy (non-hydrogen) atoms. The van der Waals surface area contributed by atoms with E-state index in [2.05, 4.69) is 4.99 Å². The fourth-order valence-corrected chi connectivity index (χ4v) is 2.64. The molecular weight excluding hydrogens is 254 g/mol. The van der Waals surface area contributed by atoms with Gasteiger partial charge in [0.1, 0.15) is 11.5 Å². The van der Waals surface area contributed by atoms with Gasteiger partial charge in [0.15, 0.2) is 0 Å². The lowest BCUT2D eigenvalue weighted by Gasteiger charge is -2.14. The van der Waals surface area contributed by atoms with Gasteiger partial charge in [-0.15, -0.1) is 0 Å². The highest BCUT2D eigenvalue weighted by Crippen LogP contribution is 2.28. The van der Waals surface area contributed by atoms with E-state index in [9.17, 15) is 10.2 Å². The zero-order valence-electron chi connectivity index (χ0n) is 12.0. The summed E-state index contributed by atoms with van der Waals surface area (Å²) in [5.41, 5.74) is 0.620. The monoisotopic (exact) mass is 277 g/mol. The SMILES string of the molecule is CCOc1ccc(O)c(C=NCC(O)C2CCCC2)c1. The molecule has 0 bridgehead atoms. The molecule has 1 aliphatic carbocycles. The lowest BCUT2D eigenvalue weighted by Crippen LogP contribution is -2.20. The van der Waals surface area contributed by atoms with Crippen LogP contribution in [0.5, 0.6) is 11.5 Å². The Bertz CT molecular complexity index is 453. The van der Waals surface area contributed by atoms with Gasteiger partial charge in [-0.05, 0) is 43.9 Å². The third kappa shape index (κ3) is 3.97. The van der Waals surface area contributed by atoms with Crippen molar-refractivity contribution >= 4 is 6.21 Å². The summed E-state index contributed by atoms with van der Waals surface area (Å²) in [6, 6.07) is 5.08. The topological polar surface area (TPSA) is 62.0 Å². The van der Waals surface area contributed by atoms with Crippen LogP contribution in [0.4, 0.5) is 0 Å². The second-order valence-electron chi connectivity index (χ2n) is 5.26. The number of aliphatic imine (C=N–C) groups is 1. The quantitative estimate of drug-likeness (QED) is 0.786. The van der Waals surface area contributed by atoms with Crippen LogP contribution in [-0.2, 0) is 0 Å². The minimum absolute atomic E-state index is 0.174. The van der Waals surface area contributed by atoms with Crippen molar-refractivity contribution in [2.24, 2.45) is 10.9 Å². The van der Waals surface area contributed by atoms with Crippen molar-refractivity contribution in [2.45, 2.75) is 38.7 Å². The lowest BCUT2D eigenvalue weighted by molar-refractivity contribution is 0.119. The van der Waals surface area contributed by atoms with Crippen molar-refractivity contribution < 1.29 is 14.9 Å². The first-order valence-corrected chi connectivity index (χ1v) is 7.34. The maximum Gasteiger partial charge on any atom is 0.124 e. The highest BCUT2D eigenvalue weighted by Gasteiger charge is 2.22. The van der Waals surface area contributed by atoms with Gasteiger partial charge < -0.3 is 14.9 Å². The van der Waals surface area contributed by atoms with Crippen LogP contribution >= 0.6 is 0 Å². The van der Waals surface area contributed by atoms with E-state index < -0.39 is 0 Å².